The van der Waals surface area contributed by atoms with Crippen molar-refractivity contribution in [3.8, 4) is 5.69 Å². The second-order valence-electron chi connectivity index (χ2n) is 8.34. The predicted octanol–water partition coefficient (Wildman–Crippen LogP) is 4.34. The maximum atomic E-state index is 13.7. The molecule has 3 aromatic rings. The van der Waals surface area contributed by atoms with E-state index in [-0.39, 0.29) is 17.9 Å². The van der Waals surface area contributed by atoms with Gasteiger partial charge >= 0.3 is 6.18 Å². The average molecular weight is 458 g/mol. The van der Waals surface area contributed by atoms with Crippen LogP contribution in [0.1, 0.15) is 41.3 Å². The van der Waals surface area contributed by atoms with Crippen LogP contribution in [0.3, 0.4) is 0 Å². The van der Waals surface area contributed by atoms with Gasteiger partial charge in [-0.15, -0.1) is 0 Å². The van der Waals surface area contributed by atoms with Crippen molar-refractivity contribution in [1.29, 1.82) is 0 Å². The van der Waals surface area contributed by atoms with Crippen molar-refractivity contribution in [1.82, 2.24) is 24.9 Å². The summed E-state index contributed by atoms with van der Waals surface area (Å²) < 4.78 is 38.4. The summed E-state index contributed by atoms with van der Waals surface area (Å²) in [5.74, 6) is 0.427. The van der Waals surface area contributed by atoms with Crippen molar-refractivity contribution in [3.05, 3.63) is 65.6 Å². The lowest BCUT2D eigenvalue weighted by molar-refractivity contribution is -0.137. The van der Waals surface area contributed by atoms with E-state index < -0.39 is 11.7 Å². The first-order valence-electron chi connectivity index (χ1n) is 10.8. The monoisotopic (exact) mass is 458 g/mol. The number of aryl methyl sites for hydroxylation is 1. The van der Waals surface area contributed by atoms with E-state index in [4.69, 9.17) is 0 Å². The molecule has 0 unspecified atom stereocenters. The normalized spacial score (nSPS) is 18.9. The van der Waals surface area contributed by atoms with Gasteiger partial charge in [-0.1, -0.05) is 18.6 Å². The number of anilines is 1. The summed E-state index contributed by atoms with van der Waals surface area (Å²) in [6, 6.07) is 7.74. The molecule has 174 valence electrons. The van der Waals surface area contributed by atoms with Gasteiger partial charge in [-0.3, -0.25) is 4.79 Å². The number of amides is 1. The van der Waals surface area contributed by atoms with Crippen molar-refractivity contribution in [2.45, 2.75) is 38.9 Å². The second kappa shape index (κ2) is 9.21. The SMILES string of the molecule is Cc1ccc(-n2nccn2)c(C(=O)N2CCC[C@H](C)[C@@H]2CNc2ccc(C(F)(F)F)cn2)c1. The minimum absolute atomic E-state index is 0.121. The molecule has 10 heteroatoms. The number of carbonyl (C=O) groups is 1. The summed E-state index contributed by atoms with van der Waals surface area (Å²) in [5.41, 5.74) is 1.26. The summed E-state index contributed by atoms with van der Waals surface area (Å²) in [7, 11) is 0. The number of pyridine rings is 1. The first-order valence-corrected chi connectivity index (χ1v) is 10.8. The van der Waals surface area contributed by atoms with Gasteiger partial charge in [0, 0.05) is 19.3 Å². The molecule has 7 nitrogen and oxygen atoms in total. The van der Waals surface area contributed by atoms with E-state index in [0.717, 1.165) is 30.7 Å². The number of hydrogen-bond acceptors (Lipinski definition) is 5. The number of hydrogen-bond donors (Lipinski definition) is 1. The third-order valence-corrected chi connectivity index (χ3v) is 5.98. The van der Waals surface area contributed by atoms with Gasteiger partial charge in [0.25, 0.3) is 5.91 Å². The molecule has 1 aromatic carbocycles. The molecule has 4 rings (SSSR count). The molecule has 3 heterocycles. The standard InChI is InChI=1S/C23H25F3N6O/c1-15-5-7-19(32-29-9-10-30-32)18(12-15)22(33)31-11-3-4-16(2)20(31)14-28-21-8-6-17(13-27-21)23(24,25)26/h5-10,12-13,16,20H,3-4,11,14H2,1-2H3,(H,27,28)/t16-,20-/m0/s1. The van der Waals surface area contributed by atoms with E-state index in [9.17, 15) is 18.0 Å². The van der Waals surface area contributed by atoms with Crippen LogP contribution in [0.4, 0.5) is 19.0 Å². The van der Waals surface area contributed by atoms with Crippen molar-refractivity contribution in [2.75, 3.05) is 18.4 Å². The molecule has 0 saturated carbocycles. The number of rotatable bonds is 5. The van der Waals surface area contributed by atoms with E-state index in [1.807, 2.05) is 30.0 Å². The Labute approximate surface area is 189 Å². The van der Waals surface area contributed by atoms with Crippen LogP contribution in [0.15, 0.2) is 48.9 Å². The molecule has 1 N–H and O–H groups in total. The Bertz CT molecular complexity index is 1100. The highest BCUT2D eigenvalue weighted by Gasteiger charge is 2.34. The molecular formula is C23H25F3N6O. The second-order valence-corrected chi connectivity index (χ2v) is 8.34. The Kier molecular flexibility index (Phi) is 6.35. The molecule has 2 aromatic heterocycles. The lowest BCUT2D eigenvalue weighted by atomic mass is 9.89. The molecule has 1 aliphatic rings. The number of benzene rings is 1. The van der Waals surface area contributed by atoms with Gasteiger partial charge in [0.15, 0.2) is 0 Å². The fraction of sp³-hybridized carbons (Fsp3) is 0.391. The molecule has 2 atom stereocenters. The number of likely N-dealkylation sites (tertiary alicyclic amines) is 1. The average Bonchev–Trinajstić information content (AvgIpc) is 3.32. The summed E-state index contributed by atoms with van der Waals surface area (Å²) in [6.07, 6.45) is 1.33. The number of piperidine rings is 1. The molecule has 0 aliphatic carbocycles. The number of aromatic nitrogens is 4. The van der Waals surface area contributed by atoms with Crippen molar-refractivity contribution >= 4 is 11.7 Å². The van der Waals surface area contributed by atoms with Gasteiger partial charge in [0.05, 0.1) is 35.2 Å². The summed E-state index contributed by atoms with van der Waals surface area (Å²) in [4.78, 5) is 20.8. The van der Waals surface area contributed by atoms with E-state index in [0.29, 0.717) is 30.2 Å². The number of carbonyl (C=O) groups excluding carboxylic acids is 1. The highest BCUT2D eigenvalue weighted by Crippen LogP contribution is 2.30. The smallest absolute Gasteiger partial charge is 0.368 e. The lowest BCUT2D eigenvalue weighted by Crippen LogP contribution is -2.51. The Balaban J connectivity index is 1.55. The number of halogens is 3. The van der Waals surface area contributed by atoms with Crippen LogP contribution in [-0.4, -0.2) is 49.9 Å². The van der Waals surface area contributed by atoms with E-state index in [2.05, 4.69) is 27.4 Å². The number of nitrogens with one attached hydrogen (secondary N) is 1. The molecule has 0 spiro atoms. The first-order chi connectivity index (χ1) is 15.7. The third-order valence-electron chi connectivity index (χ3n) is 5.98. The zero-order valence-electron chi connectivity index (χ0n) is 18.4. The molecule has 1 fully saturated rings. The zero-order valence-corrected chi connectivity index (χ0v) is 18.4. The van der Waals surface area contributed by atoms with Crippen LogP contribution in [0, 0.1) is 12.8 Å². The van der Waals surface area contributed by atoms with Crippen LogP contribution in [0.25, 0.3) is 5.69 Å². The molecular weight excluding hydrogens is 433 g/mol. The molecule has 1 saturated heterocycles. The number of nitrogens with zero attached hydrogens (tertiary/aromatic N) is 5. The predicted molar refractivity (Wildman–Crippen MR) is 117 cm³/mol. The molecule has 1 amide bonds. The summed E-state index contributed by atoms with van der Waals surface area (Å²) in [5, 5.41) is 11.5. The maximum Gasteiger partial charge on any atom is 0.417 e. The van der Waals surface area contributed by atoms with Gasteiger partial charge in [-0.25, -0.2) is 4.98 Å². The van der Waals surface area contributed by atoms with Gasteiger partial charge in [0.1, 0.15) is 5.82 Å². The Morgan fingerprint density at radius 1 is 1.18 bits per heavy atom. The molecule has 1 aliphatic heterocycles. The minimum atomic E-state index is -4.43. The summed E-state index contributed by atoms with van der Waals surface area (Å²) in [6.45, 7) is 4.98. The fourth-order valence-corrected chi connectivity index (χ4v) is 4.18. The van der Waals surface area contributed by atoms with Crippen LogP contribution < -0.4 is 5.32 Å². The Morgan fingerprint density at radius 3 is 2.61 bits per heavy atom. The Hall–Kier alpha value is -3.43. The summed E-state index contributed by atoms with van der Waals surface area (Å²) >= 11 is 0. The van der Waals surface area contributed by atoms with Crippen molar-refractivity contribution < 1.29 is 18.0 Å². The van der Waals surface area contributed by atoms with E-state index in [1.54, 1.807) is 12.4 Å². The van der Waals surface area contributed by atoms with Crippen LogP contribution >= 0.6 is 0 Å². The zero-order chi connectivity index (χ0) is 23.6. The van der Waals surface area contributed by atoms with Gasteiger partial charge in [-0.05, 0) is 49.9 Å². The lowest BCUT2D eigenvalue weighted by Gasteiger charge is -2.40. The number of alkyl halides is 3. The quantitative estimate of drug-likeness (QED) is 0.616. The van der Waals surface area contributed by atoms with E-state index >= 15 is 0 Å². The van der Waals surface area contributed by atoms with Crippen molar-refractivity contribution in [3.63, 3.8) is 0 Å². The fourth-order valence-electron chi connectivity index (χ4n) is 4.18. The molecule has 33 heavy (non-hydrogen) atoms. The maximum absolute atomic E-state index is 13.7. The van der Waals surface area contributed by atoms with Gasteiger partial charge in [-0.2, -0.15) is 28.2 Å². The van der Waals surface area contributed by atoms with Crippen LogP contribution in [0.2, 0.25) is 0 Å². The highest BCUT2D eigenvalue weighted by molar-refractivity contribution is 5.98. The van der Waals surface area contributed by atoms with Crippen LogP contribution in [0.5, 0.6) is 0 Å². The van der Waals surface area contributed by atoms with E-state index in [1.165, 1.54) is 10.9 Å². The van der Waals surface area contributed by atoms with Crippen molar-refractivity contribution in [2.24, 2.45) is 5.92 Å². The Morgan fingerprint density at radius 2 is 1.94 bits per heavy atom. The van der Waals surface area contributed by atoms with Crippen LogP contribution in [-0.2, 0) is 6.18 Å². The third kappa shape index (κ3) is 4.99. The van der Waals surface area contributed by atoms with Gasteiger partial charge < -0.3 is 10.2 Å². The topological polar surface area (TPSA) is 75.9 Å². The molecule has 0 bridgehead atoms. The van der Waals surface area contributed by atoms with Gasteiger partial charge in [0.2, 0.25) is 0 Å². The highest BCUT2D eigenvalue weighted by atomic mass is 19.4. The minimum Gasteiger partial charge on any atom is -0.368 e. The first kappa shape index (κ1) is 22.8. The molecule has 0 radical (unpaired) electrons. The largest absolute Gasteiger partial charge is 0.417 e.